The van der Waals surface area contributed by atoms with Crippen molar-refractivity contribution in [1.82, 2.24) is 10.2 Å². The maximum atomic E-state index is 14.4. The highest BCUT2D eigenvalue weighted by Crippen LogP contribution is 2.30. The maximum absolute atomic E-state index is 14.4. The fraction of sp³-hybridized carbons (Fsp3) is 0.562. The normalized spacial score (nSPS) is 22.1. The Labute approximate surface area is 149 Å². The molecule has 1 aromatic carbocycles. The first-order valence-electron chi connectivity index (χ1n) is 7.45. The number of nitrogens with zero attached hydrogens (tertiary/aromatic N) is 1. The summed E-state index contributed by atoms with van der Waals surface area (Å²) < 4.78 is 20.1. The van der Waals surface area contributed by atoms with Gasteiger partial charge in [0, 0.05) is 29.7 Å². The van der Waals surface area contributed by atoms with E-state index in [1.807, 2.05) is 27.7 Å². The third kappa shape index (κ3) is 4.81. The van der Waals surface area contributed by atoms with E-state index in [4.69, 9.17) is 16.3 Å². The van der Waals surface area contributed by atoms with Crippen molar-refractivity contribution in [3.63, 3.8) is 0 Å². The van der Waals surface area contributed by atoms with Crippen LogP contribution >= 0.6 is 27.5 Å². The lowest BCUT2D eigenvalue weighted by molar-refractivity contribution is 0.0157. The molecule has 128 valence electrons. The van der Waals surface area contributed by atoms with Gasteiger partial charge in [-0.3, -0.25) is 0 Å². The van der Waals surface area contributed by atoms with Gasteiger partial charge in [0.05, 0.1) is 10.5 Å². The molecule has 1 aromatic rings. The zero-order chi connectivity index (χ0) is 17.4. The van der Waals surface area contributed by atoms with Crippen LogP contribution < -0.4 is 5.32 Å². The van der Waals surface area contributed by atoms with E-state index in [2.05, 4.69) is 21.2 Å². The number of rotatable bonds is 1. The van der Waals surface area contributed by atoms with E-state index in [1.54, 1.807) is 11.0 Å². The molecule has 1 amide bonds. The number of hydrogen-bond donors (Lipinski definition) is 1. The van der Waals surface area contributed by atoms with Crippen LogP contribution in [-0.2, 0) is 4.74 Å². The largest absolute Gasteiger partial charge is 0.444 e. The number of benzene rings is 1. The number of amides is 1. The lowest BCUT2D eigenvalue weighted by Crippen LogP contribution is -2.54. The standard InChI is InChI=1S/C16H21BrClFN2O2/c1-9-7-21(15(22)23-16(2,3)4)8-13(20-9)11-5-10(18)6-12(17)14(11)19/h5-6,9,13,20H,7-8H2,1-4H3/t9-,13+/m0/s1. The topological polar surface area (TPSA) is 41.6 Å². The summed E-state index contributed by atoms with van der Waals surface area (Å²) in [6.07, 6.45) is -0.391. The molecule has 1 heterocycles. The highest BCUT2D eigenvalue weighted by molar-refractivity contribution is 9.10. The fourth-order valence-corrected chi connectivity index (χ4v) is 3.40. The van der Waals surface area contributed by atoms with E-state index in [0.717, 1.165) is 0 Å². The van der Waals surface area contributed by atoms with Gasteiger partial charge in [-0.15, -0.1) is 0 Å². The number of carbonyl (C=O) groups is 1. The molecule has 23 heavy (non-hydrogen) atoms. The molecule has 0 bridgehead atoms. The Morgan fingerprint density at radius 3 is 2.70 bits per heavy atom. The van der Waals surface area contributed by atoms with Crippen LogP contribution in [0.25, 0.3) is 0 Å². The Morgan fingerprint density at radius 2 is 2.09 bits per heavy atom. The lowest BCUT2D eigenvalue weighted by atomic mass is 10.0. The molecule has 0 unspecified atom stereocenters. The molecule has 4 nitrogen and oxygen atoms in total. The molecule has 0 aromatic heterocycles. The molecule has 1 aliphatic heterocycles. The van der Waals surface area contributed by atoms with Crippen LogP contribution in [0.1, 0.15) is 39.3 Å². The van der Waals surface area contributed by atoms with Crippen molar-refractivity contribution in [3.8, 4) is 0 Å². The van der Waals surface area contributed by atoms with Gasteiger partial charge in [0.1, 0.15) is 11.4 Å². The predicted octanol–water partition coefficient (Wildman–Crippen LogP) is 4.51. The van der Waals surface area contributed by atoms with E-state index >= 15 is 0 Å². The average molecular weight is 408 g/mol. The molecule has 7 heteroatoms. The first-order chi connectivity index (χ1) is 10.6. The van der Waals surface area contributed by atoms with Crippen LogP contribution in [0.3, 0.4) is 0 Å². The summed E-state index contributed by atoms with van der Waals surface area (Å²) in [5.41, 5.74) is -0.130. The minimum absolute atomic E-state index is 0.0124. The molecule has 1 fully saturated rings. The Morgan fingerprint density at radius 1 is 1.43 bits per heavy atom. The molecule has 0 radical (unpaired) electrons. The van der Waals surface area contributed by atoms with Gasteiger partial charge in [-0.25, -0.2) is 9.18 Å². The van der Waals surface area contributed by atoms with Gasteiger partial charge in [-0.1, -0.05) is 11.6 Å². The maximum Gasteiger partial charge on any atom is 0.410 e. The summed E-state index contributed by atoms with van der Waals surface area (Å²) in [7, 11) is 0. The molecule has 0 saturated carbocycles. The summed E-state index contributed by atoms with van der Waals surface area (Å²) in [4.78, 5) is 13.9. The number of carbonyl (C=O) groups excluding carboxylic acids is 1. The smallest absolute Gasteiger partial charge is 0.410 e. The molecule has 2 atom stereocenters. The summed E-state index contributed by atoms with van der Waals surface area (Å²) in [6, 6.07) is 2.77. The highest BCUT2D eigenvalue weighted by Gasteiger charge is 2.32. The molecule has 1 N–H and O–H groups in total. The third-order valence-electron chi connectivity index (χ3n) is 3.43. The van der Waals surface area contributed by atoms with Crippen molar-refractivity contribution >= 4 is 33.6 Å². The zero-order valence-electron chi connectivity index (χ0n) is 13.6. The second-order valence-corrected chi connectivity index (χ2v) is 8.09. The quantitative estimate of drug-likeness (QED) is 0.696. The number of piperazine rings is 1. The van der Waals surface area contributed by atoms with Gasteiger partial charge in [0.2, 0.25) is 0 Å². The van der Waals surface area contributed by atoms with Gasteiger partial charge in [-0.2, -0.15) is 0 Å². The summed E-state index contributed by atoms with van der Waals surface area (Å²) >= 11 is 9.20. The van der Waals surface area contributed by atoms with Crippen LogP contribution in [0, 0.1) is 5.82 Å². The van der Waals surface area contributed by atoms with E-state index in [-0.39, 0.29) is 17.9 Å². The van der Waals surface area contributed by atoms with Gasteiger partial charge >= 0.3 is 6.09 Å². The Bertz CT molecular complexity index is 606. The number of halogens is 3. The van der Waals surface area contributed by atoms with E-state index in [1.165, 1.54) is 6.07 Å². The number of ether oxygens (including phenoxy) is 1. The third-order valence-corrected chi connectivity index (χ3v) is 4.23. The lowest BCUT2D eigenvalue weighted by Gasteiger charge is -2.38. The summed E-state index contributed by atoms with van der Waals surface area (Å²) in [5, 5.41) is 3.75. The average Bonchev–Trinajstić information content (AvgIpc) is 2.40. The van der Waals surface area contributed by atoms with Gasteiger partial charge in [0.25, 0.3) is 0 Å². The second kappa shape index (κ2) is 6.95. The van der Waals surface area contributed by atoms with Gasteiger partial charge < -0.3 is 15.0 Å². The molecular formula is C16H21BrClFN2O2. The van der Waals surface area contributed by atoms with Crippen molar-refractivity contribution in [2.24, 2.45) is 0 Å². The monoisotopic (exact) mass is 406 g/mol. The van der Waals surface area contributed by atoms with Gasteiger partial charge in [-0.05, 0) is 55.8 Å². The molecule has 1 aliphatic rings. The minimum Gasteiger partial charge on any atom is -0.444 e. The van der Waals surface area contributed by atoms with E-state index in [0.29, 0.717) is 28.1 Å². The first kappa shape index (κ1) is 18.5. The Balaban J connectivity index is 2.23. The molecular weight excluding hydrogens is 387 g/mol. The van der Waals surface area contributed by atoms with E-state index < -0.39 is 11.7 Å². The molecule has 1 saturated heterocycles. The molecule has 0 spiro atoms. The summed E-state index contributed by atoms with van der Waals surface area (Å²) in [6.45, 7) is 8.24. The highest BCUT2D eigenvalue weighted by atomic mass is 79.9. The van der Waals surface area contributed by atoms with Crippen molar-refractivity contribution < 1.29 is 13.9 Å². The van der Waals surface area contributed by atoms with Crippen molar-refractivity contribution in [2.75, 3.05) is 13.1 Å². The van der Waals surface area contributed by atoms with Crippen LogP contribution in [0.5, 0.6) is 0 Å². The van der Waals surface area contributed by atoms with Crippen LogP contribution in [-0.4, -0.2) is 35.7 Å². The predicted molar refractivity (Wildman–Crippen MR) is 92.3 cm³/mol. The van der Waals surface area contributed by atoms with Crippen molar-refractivity contribution in [2.45, 2.75) is 45.4 Å². The molecule has 2 rings (SSSR count). The van der Waals surface area contributed by atoms with Crippen molar-refractivity contribution in [3.05, 3.63) is 33.0 Å². The van der Waals surface area contributed by atoms with Crippen molar-refractivity contribution in [1.29, 1.82) is 0 Å². The minimum atomic E-state index is -0.564. The second-order valence-electron chi connectivity index (χ2n) is 6.80. The molecule has 0 aliphatic carbocycles. The van der Waals surface area contributed by atoms with Gasteiger partial charge in [0.15, 0.2) is 0 Å². The van der Waals surface area contributed by atoms with E-state index in [9.17, 15) is 9.18 Å². The SMILES string of the molecule is C[C@H]1CN(C(=O)OC(C)(C)C)C[C@H](c2cc(Cl)cc(Br)c2F)N1. The zero-order valence-corrected chi connectivity index (χ0v) is 16.0. The Hall–Kier alpha value is -0.850. The van der Waals surface area contributed by atoms with Crippen LogP contribution in [0.2, 0.25) is 5.02 Å². The number of hydrogen-bond acceptors (Lipinski definition) is 3. The Kier molecular flexibility index (Phi) is 5.59. The number of nitrogens with one attached hydrogen (secondary N) is 1. The summed E-state index contributed by atoms with van der Waals surface area (Å²) in [5.74, 6) is -0.370. The van der Waals surface area contributed by atoms with Crippen LogP contribution in [0.4, 0.5) is 9.18 Å². The fourth-order valence-electron chi connectivity index (χ4n) is 2.57. The first-order valence-corrected chi connectivity index (χ1v) is 8.62. The van der Waals surface area contributed by atoms with Crippen LogP contribution in [0.15, 0.2) is 16.6 Å².